The highest BCUT2D eigenvalue weighted by Gasteiger charge is 2.27. The lowest BCUT2D eigenvalue weighted by atomic mass is 10.0. The molecular formula is C19H21NO3S. The Hall–Kier alpha value is -2.27. The lowest BCUT2D eigenvalue weighted by molar-refractivity contribution is -0.128. The van der Waals surface area contributed by atoms with Gasteiger partial charge in [0.25, 0.3) is 0 Å². The van der Waals surface area contributed by atoms with Gasteiger partial charge in [0.15, 0.2) is 0 Å². The molecule has 1 aromatic heterocycles. The fourth-order valence-electron chi connectivity index (χ4n) is 3.02. The molecule has 1 atom stereocenters. The molecule has 2 heterocycles. The number of amides is 1. The molecule has 126 valence electrons. The van der Waals surface area contributed by atoms with Crippen LogP contribution in [0.4, 0.5) is 0 Å². The molecule has 3 rings (SSSR count). The van der Waals surface area contributed by atoms with Crippen LogP contribution in [-0.4, -0.2) is 31.6 Å². The molecule has 0 bridgehead atoms. The SMILES string of the molecule is COc1ccc(/C=C/C(=O)N2CCc3sccc3[C@@H]2C)c(OC)c1. The van der Waals surface area contributed by atoms with Crippen LogP contribution in [-0.2, 0) is 11.2 Å². The van der Waals surface area contributed by atoms with Gasteiger partial charge < -0.3 is 14.4 Å². The molecule has 0 N–H and O–H groups in total. The third kappa shape index (κ3) is 3.17. The van der Waals surface area contributed by atoms with Crippen LogP contribution in [0.5, 0.6) is 11.5 Å². The van der Waals surface area contributed by atoms with E-state index < -0.39 is 0 Å². The van der Waals surface area contributed by atoms with Gasteiger partial charge in [-0.1, -0.05) is 0 Å². The number of benzene rings is 1. The summed E-state index contributed by atoms with van der Waals surface area (Å²) in [6, 6.07) is 7.80. The molecule has 1 aliphatic rings. The third-order valence-corrected chi connectivity index (χ3v) is 5.40. The number of hydrogen-bond donors (Lipinski definition) is 0. The maximum absolute atomic E-state index is 12.6. The minimum absolute atomic E-state index is 0.0252. The summed E-state index contributed by atoms with van der Waals surface area (Å²) in [7, 11) is 3.23. The first-order valence-electron chi connectivity index (χ1n) is 7.91. The fourth-order valence-corrected chi connectivity index (χ4v) is 3.99. The third-order valence-electron chi connectivity index (χ3n) is 4.41. The Balaban J connectivity index is 1.77. The van der Waals surface area contributed by atoms with Gasteiger partial charge in [-0.25, -0.2) is 0 Å². The monoisotopic (exact) mass is 343 g/mol. The summed E-state index contributed by atoms with van der Waals surface area (Å²) in [6.07, 6.45) is 4.36. The van der Waals surface area contributed by atoms with Crippen LogP contribution in [0, 0.1) is 0 Å². The molecule has 1 amide bonds. The Morgan fingerprint density at radius 1 is 1.29 bits per heavy atom. The molecule has 5 heteroatoms. The summed E-state index contributed by atoms with van der Waals surface area (Å²) in [5.74, 6) is 1.44. The molecule has 0 saturated heterocycles. The number of thiophene rings is 1. The van der Waals surface area contributed by atoms with E-state index in [2.05, 4.69) is 18.4 Å². The molecule has 4 nitrogen and oxygen atoms in total. The van der Waals surface area contributed by atoms with Crippen molar-refractivity contribution in [3.05, 3.63) is 51.7 Å². The van der Waals surface area contributed by atoms with Gasteiger partial charge in [-0.15, -0.1) is 11.3 Å². The first-order chi connectivity index (χ1) is 11.6. The molecule has 1 aliphatic heterocycles. The summed E-state index contributed by atoms with van der Waals surface area (Å²) in [5, 5.41) is 2.10. The van der Waals surface area contributed by atoms with Crippen molar-refractivity contribution in [3.63, 3.8) is 0 Å². The van der Waals surface area contributed by atoms with E-state index in [-0.39, 0.29) is 11.9 Å². The maximum Gasteiger partial charge on any atom is 0.247 e. The zero-order valence-corrected chi connectivity index (χ0v) is 14.9. The Kier molecular flexibility index (Phi) is 4.90. The Morgan fingerprint density at radius 3 is 2.88 bits per heavy atom. The molecular weight excluding hydrogens is 322 g/mol. The van der Waals surface area contributed by atoms with Gasteiger partial charge in [-0.3, -0.25) is 4.79 Å². The average Bonchev–Trinajstić information content (AvgIpc) is 3.09. The Morgan fingerprint density at radius 2 is 2.12 bits per heavy atom. The molecule has 0 aliphatic carbocycles. The highest BCUT2D eigenvalue weighted by atomic mass is 32.1. The van der Waals surface area contributed by atoms with Gasteiger partial charge in [0.1, 0.15) is 11.5 Å². The number of nitrogens with zero attached hydrogens (tertiary/aromatic N) is 1. The zero-order chi connectivity index (χ0) is 17.1. The topological polar surface area (TPSA) is 38.8 Å². The van der Waals surface area contributed by atoms with E-state index in [0.29, 0.717) is 5.75 Å². The van der Waals surface area contributed by atoms with Crippen LogP contribution in [0.2, 0.25) is 0 Å². The van der Waals surface area contributed by atoms with Crippen molar-refractivity contribution >= 4 is 23.3 Å². The van der Waals surface area contributed by atoms with E-state index in [1.54, 1.807) is 37.7 Å². The molecule has 0 saturated carbocycles. The molecule has 24 heavy (non-hydrogen) atoms. The van der Waals surface area contributed by atoms with E-state index in [1.807, 2.05) is 23.1 Å². The van der Waals surface area contributed by atoms with Crippen molar-refractivity contribution in [3.8, 4) is 11.5 Å². The van der Waals surface area contributed by atoms with E-state index in [1.165, 1.54) is 10.4 Å². The summed E-state index contributed by atoms with van der Waals surface area (Å²) >= 11 is 1.78. The van der Waals surface area contributed by atoms with Crippen LogP contribution < -0.4 is 9.47 Å². The van der Waals surface area contributed by atoms with E-state index in [4.69, 9.17) is 9.47 Å². The number of carbonyl (C=O) groups is 1. The van der Waals surface area contributed by atoms with Gasteiger partial charge in [-0.2, -0.15) is 0 Å². The Labute approximate surface area is 146 Å². The van der Waals surface area contributed by atoms with Crippen molar-refractivity contribution in [1.29, 1.82) is 0 Å². The minimum atomic E-state index is 0.0252. The van der Waals surface area contributed by atoms with Gasteiger partial charge in [0.2, 0.25) is 5.91 Å². The number of rotatable bonds is 4. The largest absolute Gasteiger partial charge is 0.497 e. The van der Waals surface area contributed by atoms with Gasteiger partial charge in [0.05, 0.1) is 20.3 Å². The van der Waals surface area contributed by atoms with Crippen LogP contribution >= 0.6 is 11.3 Å². The molecule has 0 fully saturated rings. The molecule has 0 radical (unpaired) electrons. The number of carbonyl (C=O) groups excluding carboxylic acids is 1. The molecule has 0 spiro atoms. The quantitative estimate of drug-likeness (QED) is 0.790. The standard InChI is InChI=1S/C19H21NO3S/c1-13-16-9-11-24-18(16)8-10-20(13)19(21)7-5-14-4-6-15(22-2)12-17(14)23-3/h4-7,9,11-13H,8,10H2,1-3H3/b7-5+/t13-/m0/s1. The van der Waals surface area contributed by atoms with Crippen molar-refractivity contribution in [2.24, 2.45) is 0 Å². The number of fused-ring (bicyclic) bond motifs is 1. The zero-order valence-electron chi connectivity index (χ0n) is 14.1. The van der Waals surface area contributed by atoms with Gasteiger partial charge in [0, 0.05) is 29.1 Å². The summed E-state index contributed by atoms with van der Waals surface area (Å²) in [5.41, 5.74) is 2.13. The van der Waals surface area contributed by atoms with E-state index in [0.717, 1.165) is 24.3 Å². The van der Waals surface area contributed by atoms with Crippen molar-refractivity contribution in [1.82, 2.24) is 4.90 Å². The van der Waals surface area contributed by atoms with Crippen molar-refractivity contribution < 1.29 is 14.3 Å². The number of ether oxygens (including phenoxy) is 2. The lowest BCUT2D eigenvalue weighted by Gasteiger charge is -2.32. The molecule has 2 aromatic rings. The normalized spacial score (nSPS) is 17.0. The van der Waals surface area contributed by atoms with Gasteiger partial charge >= 0.3 is 0 Å². The second-order valence-electron chi connectivity index (χ2n) is 5.70. The van der Waals surface area contributed by atoms with Crippen molar-refractivity contribution in [2.45, 2.75) is 19.4 Å². The van der Waals surface area contributed by atoms with Crippen molar-refractivity contribution in [2.75, 3.05) is 20.8 Å². The first kappa shape index (κ1) is 16.6. The first-order valence-corrected chi connectivity index (χ1v) is 8.79. The molecule has 0 unspecified atom stereocenters. The highest BCUT2D eigenvalue weighted by Crippen LogP contribution is 2.33. The van der Waals surface area contributed by atoms with Crippen LogP contribution in [0.15, 0.2) is 35.7 Å². The highest BCUT2D eigenvalue weighted by molar-refractivity contribution is 7.10. The van der Waals surface area contributed by atoms with Crippen LogP contribution in [0.1, 0.15) is 29.0 Å². The van der Waals surface area contributed by atoms with Crippen LogP contribution in [0.25, 0.3) is 6.08 Å². The van der Waals surface area contributed by atoms with E-state index in [9.17, 15) is 4.79 Å². The second-order valence-corrected chi connectivity index (χ2v) is 6.70. The molecule has 1 aromatic carbocycles. The predicted molar refractivity (Wildman–Crippen MR) is 96.7 cm³/mol. The summed E-state index contributed by atoms with van der Waals surface area (Å²) in [4.78, 5) is 15.9. The van der Waals surface area contributed by atoms with Crippen LogP contribution in [0.3, 0.4) is 0 Å². The average molecular weight is 343 g/mol. The lowest BCUT2D eigenvalue weighted by Crippen LogP contribution is -2.37. The van der Waals surface area contributed by atoms with Gasteiger partial charge in [-0.05, 0) is 48.6 Å². The van der Waals surface area contributed by atoms with E-state index >= 15 is 0 Å². The second kappa shape index (κ2) is 7.09. The predicted octanol–water partition coefficient (Wildman–Crippen LogP) is 3.92. The minimum Gasteiger partial charge on any atom is -0.497 e. The summed E-state index contributed by atoms with van der Waals surface area (Å²) < 4.78 is 10.6. The summed E-state index contributed by atoms with van der Waals surface area (Å²) in [6.45, 7) is 2.85. The Bertz CT molecular complexity index is 766. The fraction of sp³-hybridized carbons (Fsp3) is 0.316. The maximum atomic E-state index is 12.6. The number of methoxy groups -OCH3 is 2. The smallest absolute Gasteiger partial charge is 0.247 e. The number of hydrogen-bond acceptors (Lipinski definition) is 4.